The van der Waals surface area contributed by atoms with Gasteiger partial charge in [0.25, 0.3) is 0 Å². The molecule has 0 saturated heterocycles. The van der Waals surface area contributed by atoms with E-state index in [1.807, 2.05) is 54.6 Å². The molecule has 0 aliphatic heterocycles. The molecule has 0 aromatic heterocycles. The Balaban J connectivity index is 2.37. The molecule has 0 heterocycles. The Morgan fingerprint density at radius 3 is 1.09 bits per heavy atom. The number of carbonyl (C=O) groups is 1. The summed E-state index contributed by atoms with van der Waals surface area (Å²) in [5.74, 6) is 0. The predicted octanol–water partition coefficient (Wildman–Crippen LogP) is 2.91. The monoisotopic (exact) mass is 302 g/mol. The molecule has 1 nitrogen and oxygen atoms in total. The quantitative estimate of drug-likeness (QED) is 0.535. The molecule has 3 aromatic carbocycles. The minimum absolute atomic E-state index is 0.260. The van der Waals surface area contributed by atoms with Crippen LogP contribution in [-0.4, -0.2) is 15.6 Å². The Hall–Kier alpha value is -2.45. The highest BCUT2D eigenvalue weighted by Crippen LogP contribution is 2.39. The van der Waals surface area contributed by atoms with E-state index in [4.69, 9.17) is 0 Å². The van der Waals surface area contributed by atoms with Crippen molar-refractivity contribution < 1.29 is 4.79 Å². The van der Waals surface area contributed by atoms with Crippen LogP contribution >= 0.6 is 0 Å². The first kappa shape index (κ1) is 14.5. The summed E-state index contributed by atoms with van der Waals surface area (Å²) in [4.78, 5) is 12.9. The summed E-state index contributed by atoms with van der Waals surface area (Å²) in [6, 6.07) is 30.3. The lowest BCUT2D eigenvalue weighted by atomic mass is 9.70. The van der Waals surface area contributed by atoms with E-state index in [-0.39, 0.29) is 5.41 Å². The second kappa shape index (κ2) is 6.12. The van der Waals surface area contributed by atoms with Crippen molar-refractivity contribution >= 4 is 15.6 Å². The smallest absolute Gasteiger partial charge is 0.119 e. The third kappa shape index (κ3) is 2.32. The molecule has 0 spiro atoms. The van der Waals surface area contributed by atoms with Crippen molar-refractivity contribution in [3.8, 4) is 0 Å². The SMILES string of the molecule is O=C([SiH3])C(c1ccccc1)(c1ccccc1)c1ccccc1. The molecular weight excluding hydrogens is 284 g/mol. The van der Waals surface area contributed by atoms with Gasteiger partial charge in [-0.2, -0.15) is 0 Å². The van der Waals surface area contributed by atoms with Crippen molar-refractivity contribution in [3.63, 3.8) is 0 Å². The van der Waals surface area contributed by atoms with E-state index in [9.17, 15) is 4.79 Å². The molecule has 0 aliphatic carbocycles. The minimum Gasteiger partial charge on any atom is -0.305 e. The molecule has 0 N–H and O–H groups in total. The van der Waals surface area contributed by atoms with Crippen LogP contribution in [0.5, 0.6) is 0 Å². The highest BCUT2D eigenvalue weighted by molar-refractivity contribution is 6.61. The van der Waals surface area contributed by atoms with Gasteiger partial charge in [0.2, 0.25) is 0 Å². The zero-order chi connectivity index (χ0) is 15.4. The van der Waals surface area contributed by atoms with Crippen molar-refractivity contribution in [2.45, 2.75) is 5.41 Å². The molecule has 22 heavy (non-hydrogen) atoms. The molecule has 108 valence electrons. The maximum Gasteiger partial charge on any atom is 0.119 e. The lowest BCUT2D eigenvalue weighted by Crippen LogP contribution is -2.38. The fraction of sp³-hybridized carbons (Fsp3) is 0.0500. The molecule has 0 amide bonds. The van der Waals surface area contributed by atoms with Crippen molar-refractivity contribution in [1.29, 1.82) is 0 Å². The lowest BCUT2D eigenvalue weighted by molar-refractivity contribution is -0.114. The van der Waals surface area contributed by atoms with Gasteiger partial charge in [-0.3, -0.25) is 0 Å². The van der Waals surface area contributed by atoms with Crippen molar-refractivity contribution in [1.82, 2.24) is 0 Å². The van der Waals surface area contributed by atoms with Crippen molar-refractivity contribution in [2.24, 2.45) is 0 Å². The third-order valence-electron chi connectivity index (χ3n) is 4.15. The molecule has 0 unspecified atom stereocenters. The number of carbonyl (C=O) groups excluding carboxylic acids is 1. The topological polar surface area (TPSA) is 17.1 Å². The number of hydrogen-bond donors (Lipinski definition) is 0. The van der Waals surface area contributed by atoms with Gasteiger partial charge >= 0.3 is 0 Å². The zero-order valence-corrected chi connectivity index (χ0v) is 14.6. The molecule has 0 atom stereocenters. The maximum atomic E-state index is 12.9. The Morgan fingerprint density at radius 2 is 0.864 bits per heavy atom. The van der Waals surface area contributed by atoms with Gasteiger partial charge in [0.1, 0.15) is 5.41 Å². The van der Waals surface area contributed by atoms with Crippen LogP contribution in [0.25, 0.3) is 0 Å². The van der Waals surface area contributed by atoms with E-state index >= 15 is 0 Å². The van der Waals surface area contributed by atoms with Gasteiger partial charge in [-0.1, -0.05) is 91.0 Å². The van der Waals surface area contributed by atoms with Gasteiger partial charge in [-0.05, 0) is 16.7 Å². The summed E-state index contributed by atoms with van der Waals surface area (Å²) in [5, 5.41) is 0.260. The first-order valence-corrected chi connectivity index (χ1v) is 8.44. The average molecular weight is 302 g/mol. The lowest BCUT2D eigenvalue weighted by Gasteiger charge is -2.33. The van der Waals surface area contributed by atoms with Crippen LogP contribution in [0.4, 0.5) is 0 Å². The Kier molecular flexibility index (Phi) is 4.03. The van der Waals surface area contributed by atoms with E-state index < -0.39 is 5.41 Å². The standard InChI is InChI=1S/C20H18OSi/c21-19(22)20(16-10-4-1-5-11-16,17-12-6-2-7-13-17)18-14-8-3-9-15-18/h1-15H,22H3. The summed E-state index contributed by atoms with van der Waals surface area (Å²) < 4.78 is 0. The molecule has 3 rings (SSSR count). The van der Waals surface area contributed by atoms with Crippen LogP contribution < -0.4 is 0 Å². The van der Waals surface area contributed by atoms with Gasteiger partial charge in [0.15, 0.2) is 0 Å². The molecule has 0 radical (unpaired) electrons. The van der Waals surface area contributed by atoms with E-state index in [0.29, 0.717) is 10.2 Å². The molecule has 0 bridgehead atoms. The van der Waals surface area contributed by atoms with Crippen LogP contribution in [0.1, 0.15) is 16.7 Å². The highest BCUT2D eigenvalue weighted by atomic mass is 28.1. The summed E-state index contributed by atoms with van der Waals surface area (Å²) in [6.45, 7) is 0. The molecule has 2 heteroatoms. The summed E-state index contributed by atoms with van der Waals surface area (Å²) >= 11 is 0. The van der Waals surface area contributed by atoms with Gasteiger partial charge in [0.05, 0.1) is 15.7 Å². The number of benzene rings is 3. The van der Waals surface area contributed by atoms with Crippen LogP contribution in [0.2, 0.25) is 0 Å². The summed E-state index contributed by atoms with van der Waals surface area (Å²) in [6.07, 6.45) is 0. The van der Waals surface area contributed by atoms with E-state index in [1.165, 1.54) is 0 Å². The normalized spacial score (nSPS) is 11.3. The fourth-order valence-electron chi connectivity index (χ4n) is 3.17. The second-order valence-corrected chi connectivity index (χ2v) is 6.31. The molecule has 0 fully saturated rings. The van der Waals surface area contributed by atoms with Crippen molar-refractivity contribution in [2.75, 3.05) is 0 Å². The Bertz CT molecular complexity index is 655. The Morgan fingerprint density at radius 1 is 0.591 bits per heavy atom. The zero-order valence-electron chi connectivity index (χ0n) is 12.6. The van der Waals surface area contributed by atoms with E-state index in [0.717, 1.165) is 16.7 Å². The average Bonchev–Trinajstić information content (AvgIpc) is 2.58. The third-order valence-corrected chi connectivity index (χ3v) is 4.90. The summed E-state index contributed by atoms with van der Waals surface area (Å²) in [5.41, 5.74) is 2.41. The van der Waals surface area contributed by atoms with E-state index in [1.54, 1.807) is 0 Å². The van der Waals surface area contributed by atoms with Gasteiger partial charge in [0, 0.05) is 0 Å². The van der Waals surface area contributed by atoms with Crippen LogP contribution in [0, 0.1) is 0 Å². The van der Waals surface area contributed by atoms with Crippen LogP contribution in [-0.2, 0) is 10.2 Å². The largest absolute Gasteiger partial charge is 0.305 e. The summed E-state index contributed by atoms with van der Waals surface area (Å²) in [7, 11) is 0.492. The fourth-order valence-corrected chi connectivity index (χ4v) is 4.04. The van der Waals surface area contributed by atoms with Crippen LogP contribution in [0.3, 0.4) is 0 Å². The van der Waals surface area contributed by atoms with Gasteiger partial charge in [-0.15, -0.1) is 0 Å². The van der Waals surface area contributed by atoms with Gasteiger partial charge in [-0.25, -0.2) is 0 Å². The number of hydrogen-bond acceptors (Lipinski definition) is 1. The second-order valence-electron chi connectivity index (χ2n) is 5.40. The van der Waals surface area contributed by atoms with Crippen molar-refractivity contribution in [3.05, 3.63) is 108 Å². The maximum absolute atomic E-state index is 12.9. The van der Waals surface area contributed by atoms with Crippen LogP contribution in [0.15, 0.2) is 91.0 Å². The minimum atomic E-state index is -0.698. The Labute approximate surface area is 134 Å². The molecule has 3 aromatic rings. The molecule has 0 saturated carbocycles. The molecular formula is C20H18OSi. The molecule has 0 aliphatic rings. The number of rotatable bonds is 4. The predicted molar refractivity (Wildman–Crippen MR) is 94.2 cm³/mol. The first-order chi connectivity index (χ1) is 10.8. The first-order valence-electron chi connectivity index (χ1n) is 7.44. The highest BCUT2D eigenvalue weighted by Gasteiger charge is 2.40. The van der Waals surface area contributed by atoms with Gasteiger partial charge < -0.3 is 4.79 Å². The van der Waals surface area contributed by atoms with E-state index in [2.05, 4.69) is 36.4 Å².